The van der Waals surface area contributed by atoms with E-state index in [2.05, 4.69) is 59.4 Å². The van der Waals surface area contributed by atoms with Crippen molar-refractivity contribution in [3.8, 4) is 11.5 Å². The zero-order chi connectivity index (χ0) is 31.6. The first-order valence-corrected chi connectivity index (χ1v) is 16.2. The van der Waals surface area contributed by atoms with Crippen molar-refractivity contribution in [3.63, 3.8) is 0 Å². The smallest absolute Gasteiger partial charge is 0.125 e. The molecule has 6 nitrogen and oxygen atoms in total. The summed E-state index contributed by atoms with van der Waals surface area (Å²) in [6.07, 6.45) is 7.78. The topological polar surface area (TPSA) is 75.0 Å². The fraction of sp³-hybridized carbons (Fsp3) is 0.200. The summed E-state index contributed by atoms with van der Waals surface area (Å²) in [6, 6.07) is 32.1. The number of para-hydroxylation sites is 4. The zero-order valence-electron chi connectivity index (χ0n) is 26.3. The molecule has 7 aromatic rings. The normalized spacial score (nSPS) is 12.2. The van der Waals surface area contributed by atoms with E-state index >= 15 is 0 Å². The van der Waals surface area contributed by atoms with E-state index in [1.165, 1.54) is 11.0 Å². The first-order valence-electron chi connectivity index (χ1n) is 16.2. The van der Waals surface area contributed by atoms with Crippen molar-refractivity contribution in [3.05, 3.63) is 108 Å². The van der Waals surface area contributed by atoms with Crippen LogP contribution in [-0.2, 0) is 13.1 Å². The third-order valence-corrected chi connectivity index (χ3v) is 8.88. The molecule has 2 heterocycles. The number of aliphatic imine (C=N–C) groups is 2. The van der Waals surface area contributed by atoms with Gasteiger partial charge in [-0.2, -0.15) is 0 Å². The van der Waals surface area contributed by atoms with Crippen molar-refractivity contribution in [2.45, 2.75) is 52.6 Å². The molecule has 5 aromatic carbocycles. The van der Waals surface area contributed by atoms with E-state index in [1.807, 2.05) is 60.7 Å². The maximum absolute atomic E-state index is 11.0. The Kier molecular flexibility index (Phi) is 8.02. The Bertz CT molecular complexity index is 2110. The van der Waals surface area contributed by atoms with E-state index in [0.29, 0.717) is 22.5 Å². The molecule has 0 saturated heterocycles. The van der Waals surface area contributed by atoms with Gasteiger partial charge in [-0.1, -0.05) is 75.2 Å². The Morgan fingerprint density at radius 2 is 0.935 bits per heavy atom. The largest absolute Gasteiger partial charge is 0.507 e. The van der Waals surface area contributed by atoms with Crippen LogP contribution in [-0.4, -0.2) is 31.8 Å². The van der Waals surface area contributed by atoms with E-state index in [9.17, 15) is 10.2 Å². The number of aromatic hydroxyl groups is 2. The Morgan fingerprint density at radius 1 is 0.522 bits per heavy atom. The second kappa shape index (κ2) is 12.6. The number of hydrogen-bond donors (Lipinski definition) is 2. The number of rotatable bonds is 10. The maximum Gasteiger partial charge on any atom is 0.125 e. The Labute approximate surface area is 268 Å². The minimum atomic E-state index is 0.187. The Hall–Kier alpha value is -5.36. The van der Waals surface area contributed by atoms with Gasteiger partial charge in [0.2, 0.25) is 0 Å². The highest BCUT2D eigenvalue weighted by Gasteiger charge is 2.15. The van der Waals surface area contributed by atoms with Crippen LogP contribution in [0.4, 0.5) is 11.4 Å². The molecule has 46 heavy (non-hydrogen) atoms. The predicted molar refractivity (Wildman–Crippen MR) is 193 cm³/mol. The molecule has 0 unspecified atom stereocenters. The van der Waals surface area contributed by atoms with Crippen LogP contribution in [0, 0.1) is 0 Å². The molecule has 0 aliphatic carbocycles. The average Bonchev–Trinajstić information content (AvgIpc) is 3.55. The summed E-state index contributed by atoms with van der Waals surface area (Å²) in [5.74, 6) is 0.375. The fourth-order valence-corrected chi connectivity index (χ4v) is 6.48. The molecule has 0 bridgehead atoms. The molecule has 0 fully saturated rings. The Morgan fingerprint density at radius 3 is 1.37 bits per heavy atom. The number of nitrogens with zero attached hydrogens (tertiary/aromatic N) is 4. The number of benzene rings is 5. The lowest BCUT2D eigenvalue weighted by Gasteiger charge is -2.08. The Balaban J connectivity index is 1.24. The second-order valence-electron chi connectivity index (χ2n) is 11.9. The van der Waals surface area contributed by atoms with Crippen LogP contribution < -0.4 is 0 Å². The standard InChI is InChI=1S/C40H38N4O2/c1-3-5-19-43-35-17-11-7-13-29(35)31-23-39(45)27(21-37(31)43)25-41-33-15-9-10-16-34(33)42-26-28-22-38-32(24-40(28)46)30-14-8-12-18-36(30)44(38)20-6-4-2/h7-18,21-26,45-46H,3-6,19-20H2,1-2H3/b41-25+,42-26+. The van der Waals surface area contributed by atoms with E-state index in [4.69, 9.17) is 9.98 Å². The highest BCUT2D eigenvalue weighted by atomic mass is 16.3. The quantitative estimate of drug-likeness (QED) is 0.152. The summed E-state index contributed by atoms with van der Waals surface area (Å²) in [7, 11) is 0. The summed E-state index contributed by atoms with van der Waals surface area (Å²) in [6.45, 7) is 6.23. The molecule has 2 N–H and O–H groups in total. The van der Waals surface area contributed by atoms with Gasteiger partial charge >= 0.3 is 0 Å². The minimum Gasteiger partial charge on any atom is -0.507 e. The van der Waals surface area contributed by atoms with Crippen LogP contribution in [0.2, 0.25) is 0 Å². The van der Waals surface area contributed by atoms with Crippen LogP contribution >= 0.6 is 0 Å². The van der Waals surface area contributed by atoms with Crippen molar-refractivity contribution in [1.29, 1.82) is 0 Å². The number of hydrogen-bond acceptors (Lipinski definition) is 4. The van der Waals surface area contributed by atoms with E-state index in [-0.39, 0.29) is 11.5 Å². The molecular weight excluding hydrogens is 568 g/mol. The van der Waals surface area contributed by atoms with Gasteiger partial charge in [0.1, 0.15) is 11.5 Å². The third-order valence-electron chi connectivity index (χ3n) is 8.88. The molecule has 2 aromatic heterocycles. The summed E-state index contributed by atoms with van der Waals surface area (Å²) >= 11 is 0. The molecule has 0 amide bonds. The highest BCUT2D eigenvalue weighted by Crippen LogP contribution is 2.36. The van der Waals surface area contributed by atoms with Gasteiger partial charge < -0.3 is 19.3 Å². The van der Waals surface area contributed by atoms with Gasteiger partial charge in [0, 0.05) is 69.2 Å². The van der Waals surface area contributed by atoms with E-state index in [1.54, 1.807) is 12.4 Å². The van der Waals surface area contributed by atoms with Crippen LogP contribution in [0.15, 0.2) is 107 Å². The van der Waals surface area contributed by atoms with Crippen molar-refractivity contribution in [1.82, 2.24) is 9.13 Å². The number of aryl methyl sites for hydroxylation is 2. The fourth-order valence-electron chi connectivity index (χ4n) is 6.48. The molecule has 6 heteroatoms. The van der Waals surface area contributed by atoms with Gasteiger partial charge in [0.15, 0.2) is 0 Å². The highest BCUT2D eigenvalue weighted by molar-refractivity contribution is 6.11. The molecular formula is C40H38N4O2. The minimum absolute atomic E-state index is 0.187. The average molecular weight is 607 g/mol. The lowest BCUT2D eigenvalue weighted by Crippen LogP contribution is -1.97. The molecule has 0 radical (unpaired) electrons. The number of aromatic nitrogens is 2. The van der Waals surface area contributed by atoms with Crippen LogP contribution in [0.5, 0.6) is 11.5 Å². The number of unbranched alkanes of at least 4 members (excludes halogenated alkanes) is 2. The van der Waals surface area contributed by atoms with Gasteiger partial charge in [-0.25, -0.2) is 0 Å². The third kappa shape index (κ3) is 5.30. The first-order chi connectivity index (χ1) is 22.6. The summed E-state index contributed by atoms with van der Waals surface area (Å²) < 4.78 is 4.68. The number of fused-ring (bicyclic) bond motifs is 6. The van der Waals surface area contributed by atoms with Crippen molar-refractivity contribution in [2.24, 2.45) is 9.98 Å². The summed E-state index contributed by atoms with van der Waals surface area (Å²) in [5, 5.41) is 26.4. The molecule has 0 aliphatic heterocycles. The molecule has 7 rings (SSSR count). The summed E-state index contributed by atoms with van der Waals surface area (Å²) in [5.41, 5.74) is 7.15. The SMILES string of the molecule is CCCCn1c2ccccc2c2cc(O)c(/C=N/c3ccccc3/N=C/c3cc4c(cc3O)c3ccccc3n4CCCC)cc21. The van der Waals surface area contributed by atoms with E-state index < -0.39 is 0 Å². The molecule has 0 spiro atoms. The zero-order valence-corrected chi connectivity index (χ0v) is 26.3. The first kappa shape index (κ1) is 29.4. The molecule has 230 valence electrons. The number of phenols is 2. The predicted octanol–water partition coefficient (Wildman–Crippen LogP) is 10.4. The van der Waals surface area contributed by atoms with Crippen LogP contribution in [0.3, 0.4) is 0 Å². The maximum atomic E-state index is 11.0. The second-order valence-corrected chi connectivity index (χ2v) is 11.9. The van der Waals surface area contributed by atoms with Gasteiger partial charge in [-0.3, -0.25) is 9.98 Å². The summed E-state index contributed by atoms with van der Waals surface area (Å²) in [4.78, 5) is 9.55. The lowest BCUT2D eigenvalue weighted by molar-refractivity contribution is 0.474. The van der Waals surface area contributed by atoms with Crippen LogP contribution in [0.1, 0.15) is 50.7 Å². The number of phenolic OH excluding ortho intramolecular Hbond substituents is 2. The molecule has 0 atom stereocenters. The van der Waals surface area contributed by atoms with Crippen LogP contribution in [0.25, 0.3) is 43.6 Å². The molecule has 0 saturated carbocycles. The van der Waals surface area contributed by atoms with Crippen molar-refractivity contribution < 1.29 is 10.2 Å². The monoisotopic (exact) mass is 606 g/mol. The lowest BCUT2D eigenvalue weighted by atomic mass is 10.1. The van der Waals surface area contributed by atoms with E-state index in [0.717, 1.165) is 71.4 Å². The van der Waals surface area contributed by atoms with Gasteiger partial charge in [-0.15, -0.1) is 0 Å². The molecule has 0 aliphatic rings. The van der Waals surface area contributed by atoms with Crippen molar-refractivity contribution in [2.75, 3.05) is 0 Å². The van der Waals surface area contributed by atoms with Gasteiger partial charge in [0.25, 0.3) is 0 Å². The van der Waals surface area contributed by atoms with Crippen molar-refractivity contribution >= 4 is 67.4 Å². The van der Waals surface area contributed by atoms with Gasteiger partial charge in [0.05, 0.1) is 22.4 Å². The van der Waals surface area contributed by atoms with Gasteiger partial charge in [-0.05, 0) is 61.4 Å².